The number of carbonyl (C=O) groups is 2. The van der Waals surface area contributed by atoms with Crippen molar-refractivity contribution in [3.05, 3.63) is 106 Å². The second-order valence-electron chi connectivity index (χ2n) is 7.55. The van der Waals surface area contributed by atoms with Crippen molar-refractivity contribution in [2.45, 2.75) is 19.6 Å². The molecule has 0 aromatic heterocycles. The van der Waals surface area contributed by atoms with Crippen molar-refractivity contribution in [1.29, 1.82) is 0 Å². The van der Waals surface area contributed by atoms with Gasteiger partial charge < -0.3 is 9.84 Å². The Balaban J connectivity index is 1.53. The van der Waals surface area contributed by atoms with Gasteiger partial charge in [-0.05, 0) is 41.8 Å². The van der Waals surface area contributed by atoms with Crippen LogP contribution in [0.3, 0.4) is 0 Å². The first kappa shape index (κ1) is 22.8. The number of benzene rings is 3. The number of carboxylic acid groups (broad SMARTS) is 1. The molecule has 1 aliphatic rings. The van der Waals surface area contributed by atoms with E-state index >= 15 is 0 Å². The average molecular weight is 476 g/mol. The topological polar surface area (TPSA) is 66.8 Å². The van der Waals surface area contributed by atoms with E-state index in [-0.39, 0.29) is 4.32 Å². The summed E-state index contributed by atoms with van der Waals surface area (Å²) in [6.45, 7) is 2.47. The molecule has 1 N–H and O–H groups in total. The highest BCUT2D eigenvalue weighted by molar-refractivity contribution is 8.26. The summed E-state index contributed by atoms with van der Waals surface area (Å²) in [7, 11) is 0. The summed E-state index contributed by atoms with van der Waals surface area (Å²) in [4.78, 5) is 26.7. The van der Waals surface area contributed by atoms with Gasteiger partial charge in [0.1, 0.15) is 16.7 Å². The molecule has 1 heterocycles. The highest BCUT2D eigenvalue weighted by Gasteiger charge is 2.41. The minimum Gasteiger partial charge on any atom is -0.489 e. The normalized spacial score (nSPS) is 15.7. The predicted octanol–water partition coefficient (Wildman–Crippen LogP) is 5.60. The highest BCUT2D eigenvalue weighted by Crippen LogP contribution is 2.38. The first-order chi connectivity index (χ1) is 15.9. The number of aliphatic carboxylic acids is 1. The van der Waals surface area contributed by atoms with Gasteiger partial charge in [-0.3, -0.25) is 9.69 Å². The Morgan fingerprint density at radius 3 is 2.52 bits per heavy atom. The lowest BCUT2D eigenvalue weighted by molar-refractivity contribution is -0.145. The maximum absolute atomic E-state index is 13.1. The molecule has 1 atom stereocenters. The van der Waals surface area contributed by atoms with Gasteiger partial charge in [0.05, 0.1) is 4.91 Å². The zero-order valence-corrected chi connectivity index (χ0v) is 19.4. The van der Waals surface area contributed by atoms with E-state index in [4.69, 9.17) is 17.0 Å². The number of rotatable bonds is 7. The van der Waals surface area contributed by atoms with Crippen LogP contribution in [0.2, 0.25) is 0 Å². The summed E-state index contributed by atoms with van der Waals surface area (Å²) in [5, 5.41) is 9.80. The molecule has 1 unspecified atom stereocenters. The number of amides is 1. The van der Waals surface area contributed by atoms with Gasteiger partial charge >= 0.3 is 5.97 Å². The van der Waals surface area contributed by atoms with Crippen LogP contribution in [0.4, 0.5) is 0 Å². The number of thioether (sulfide) groups is 1. The van der Waals surface area contributed by atoms with Gasteiger partial charge in [0.2, 0.25) is 0 Å². The Kier molecular flexibility index (Phi) is 6.91. The van der Waals surface area contributed by atoms with Crippen molar-refractivity contribution in [2.24, 2.45) is 0 Å². The molecule has 3 aromatic carbocycles. The Hall–Kier alpha value is -3.42. The minimum atomic E-state index is -1.17. The summed E-state index contributed by atoms with van der Waals surface area (Å²) >= 11 is 6.48. The van der Waals surface area contributed by atoms with Gasteiger partial charge in [-0.2, -0.15) is 0 Å². The number of carbonyl (C=O) groups excluding carboxylic acids is 1. The molecule has 7 heteroatoms. The standard InChI is InChI=1S/C26H21NO4S2/c1-17-10-12-18(13-11-17)16-31-21-9-5-6-19(14-21)15-22-24(28)27(26(32)33-22)23(25(29)30)20-7-3-2-4-8-20/h2-15,23H,16H2,1H3,(H,29,30)/b22-15+. The van der Waals surface area contributed by atoms with Crippen molar-refractivity contribution in [3.63, 3.8) is 0 Å². The van der Waals surface area contributed by atoms with E-state index in [1.807, 2.05) is 55.5 Å². The van der Waals surface area contributed by atoms with E-state index in [2.05, 4.69) is 0 Å². The zero-order valence-electron chi connectivity index (χ0n) is 17.8. The fraction of sp³-hybridized carbons (Fsp3) is 0.115. The summed E-state index contributed by atoms with van der Waals surface area (Å²) < 4.78 is 6.12. The molecular formula is C26H21NO4S2. The van der Waals surface area contributed by atoms with Gasteiger partial charge in [-0.15, -0.1) is 0 Å². The van der Waals surface area contributed by atoms with Gasteiger partial charge in [-0.1, -0.05) is 96.3 Å². The van der Waals surface area contributed by atoms with Crippen LogP contribution in [0, 0.1) is 6.92 Å². The molecular weight excluding hydrogens is 454 g/mol. The van der Waals surface area contributed by atoms with Crippen LogP contribution >= 0.6 is 24.0 Å². The van der Waals surface area contributed by atoms with Crippen molar-refractivity contribution in [1.82, 2.24) is 4.90 Å². The van der Waals surface area contributed by atoms with Crippen molar-refractivity contribution >= 4 is 46.3 Å². The number of carboxylic acids is 1. The third kappa shape index (κ3) is 5.32. The molecule has 1 saturated heterocycles. The fourth-order valence-electron chi connectivity index (χ4n) is 3.44. The molecule has 1 aliphatic heterocycles. The average Bonchev–Trinajstić information content (AvgIpc) is 3.07. The van der Waals surface area contributed by atoms with Crippen molar-refractivity contribution < 1.29 is 19.4 Å². The van der Waals surface area contributed by atoms with E-state index in [1.54, 1.807) is 36.4 Å². The van der Waals surface area contributed by atoms with E-state index in [9.17, 15) is 14.7 Å². The van der Waals surface area contributed by atoms with E-state index in [0.29, 0.717) is 22.8 Å². The molecule has 0 bridgehead atoms. The Labute approximate surface area is 201 Å². The molecule has 4 rings (SSSR count). The SMILES string of the molecule is Cc1ccc(COc2cccc(/C=C3/SC(=S)N(C(C(=O)O)c4ccccc4)C3=O)c2)cc1. The van der Waals surface area contributed by atoms with E-state index in [0.717, 1.165) is 22.9 Å². The molecule has 0 aliphatic carbocycles. The third-order valence-electron chi connectivity index (χ3n) is 5.11. The van der Waals surface area contributed by atoms with Crippen LogP contribution in [0.15, 0.2) is 83.8 Å². The zero-order chi connectivity index (χ0) is 23.4. The highest BCUT2D eigenvalue weighted by atomic mass is 32.2. The van der Waals surface area contributed by atoms with Crippen LogP contribution in [0.1, 0.15) is 28.3 Å². The summed E-state index contributed by atoms with van der Waals surface area (Å²) in [5.74, 6) is -0.884. The smallest absolute Gasteiger partial charge is 0.331 e. The molecule has 0 saturated carbocycles. The molecule has 33 heavy (non-hydrogen) atoms. The van der Waals surface area contributed by atoms with Gasteiger partial charge in [0.25, 0.3) is 5.91 Å². The molecule has 0 radical (unpaired) electrons. The van der Waals surface area contributed by atoms with Crippen molar-refractivity contribution in [2.75, 3.05) is 0 Å². The number of hydrogen-bond acceptors (Lipinski definition) is 5. The Morgan fingerprint density at radius 2 is 1.82 bits per heavy atom. The number of nitrogens with zero attached hydrogens (tertiary/aromatic N) is 1. The molecule has 1 fully saturated rings. The lowest BCUT2D eigenvalue weighted by atomic mass is 10.1. The predicted molar refractivity (Wildman–Crippen MR) is 134 cm³/mol. The Morgan fingerprint density at radius 1 is 1.09 bits per heavy atom. The number of thiocarbonyl (C=S) groups is 1. The van der Waals surface area contributed by atoms with Crippen molar-refractivity contribution in [3.8, 4) is 5.75 Å². The molecule has 3 aromatic rings. The molecule has 1 amide bonds. The van der Waals surface area contributed by atoms with E-state index < -0.39 is 17.9 Å². The molecule has 166 valence electrons. The maximum atomic E-state index is 13.1. The van der Waals surface area contributed by atoms with Gasteiger partial charge in [0, 0.05) is 0 Å². The summed E-state index contributed by atoms with van der Waals surface area (Å²) in [6, 6.07) is 23.0. The van der Waals surface area contributed by atoms with E-state index in [1.165, 1.54) is 10.5 Å². The monoisotopic (exact) mass is 475 g/mol. The lowest BCUT2D eigenvalue weighted by Crippen LogP contribution is -2.37. The molecule has 0 spiro atoms. The summed E-state index contributed by atoms with van der Waals surface area (Å²) in [5.41, 5.74) is 3.51. The van der Waals surface area contributed by atoms with Crippen LogP contribution in [0.25, 0.3) is 6.08 Å². The largest absolute Gasteiger partial charge is 0.489 e. The van der Waals surface area contributed by atoms with Crippen LogP contribution in [-0.2, 0) is 16.2 Å². The van der Waals surface area contributed by atoms with Gasteiger partial charge in [0.15, 0.2) is 6.04 Å². The number of aryl methyl sites for hydroxylation is 1. The quantitative estimate of drug-likeness (QED) is 0.354. The minimum absolute atomic E-state index is 0.217. The Bertz CT molecular complexity index is 1220. The second kappa shape index (κ2) is 10.0. The fourth-order valence-corrected chi connectivity index (χ4v) is 4.75. The first-order valence-corrected chi connectivity index (χ1v) is 11.5. The summed E-state index contributed by atoms with van der Waals surface area (Å²) in [6.07, 6.45) is 1.71. The van der Waals surface area contributed by atoms with Gasteiger partial charge in [-0.25, -0.2) is 4.79 Å². The number of ether oxygens (including phenoxy) is 1. The van der Waals surface area contributed by atoms with Crippen LogP contribution in [0.5, 0.6) is 5.75 Å². The lowest BCUT2D eigenvalue weighted by Gasteiger charge is -2.23. The second-order valence-corrected chi connectivity index (χ2v) is 9.23. The maximum Gasteiger partial charge on any atom is 0.331 e. The third-order valence-corrected chi connectivity index (χ3v) is 6.44. The van der Waals surface area contributed by atoms with Crippen LogP contribution < -0.4 is 4.74 Å². The first-order valence-electron chi connectivity index (χ1n) is 10.3. The van der Waals surface area contributed by atoms with Crippen LogP contribution in [-0.4, -0.2) is 26.2 Å². The number of hydrogen-bond donors (Lipinski definition) is 1. The molecule has 5 nitrogen and oxygen atoms in total.